The second-order valence-electron chi connectivity index (χ2n) is 7.60. The molecular weight excluding hydrogens is 547 g/mol. The lowest BCUT2D eigenvalue weighted by Crippen LogP contribution is -2.54. The Balaban J connectivity index is 1.63. The fraction of sp³-hybridized carbons (Fsp3) is 0.115. The van der Waals surface area contributed by atoms with Gasteiger partial charge in [0.25, 0.3) is 11.8 Å². The summed E-state index contributed by atoms with van der Waals surface area (Å²) in [6, 6.07) is 19.1. The lowest BCUT2D eigenvalue weighted by molar-refractivity contribution is -0.122. The number of amides is 4. The van der Waals surface area contributed by atoms with Crippen LogP contribution in [0.3, 0.4) is 0 Å². The van der Waals surface area contributed by atoms with Gasteiger partial charge in [-0.1, -0.05) is 48.0 Å². The van der Waals surface area contributed by atoms with Gasteiger partial charge in [0, 0.05) is 0 Å². The third-order valence-electron chi connectivity index (χ3n) is 5.18. The van der Waals surface area contributed by atoms with Crippen LogP contribution < -0.4 is 19.7 Å². The van der Waals surface area contributed by atoms with Gasteiger partial charge in [-0.05, 0) is 71.0 Å². The van der Waals surface area contributed by atoms with E-state index >= 15 is 0 Å². The zero-order valence-corrected chi connectivity index (χ0v) is 20.7. The molecule has 1 aliphatic rings. The highest BCUT2D eigenvalue weighted by Gasteiger charge is 2.36. The molecule has 0 atom stereocenters. The van der Waals surface area contributed by atoms with E-state index in [0.717, 1.165) is 14.0 Å². The van der Waals surface area contributed by atoms with Crippen LogP contribution >= 0.6 is 22.6 Å². The molecule has 1 heterocycles. The zero-order chi connectivity index (χ0) is 24.2. The van der Waals surface area contributed by atoms with Crippen LogP contribution in [0.4, 0.5) is 10.5 Å². The number of imide groups is 2. The third kappa shape index (κ3) is 4.96. The molecule has 7 nitrogen and oxygen atoms in total. The number of ether oxygens (including phenoxy) is 2. The van der Waals surface area contributed by atoms with Gasteiger partial charge in [-0.25, -0.2) is 9.69 Å². The van der Waals surface area contributed by atoms with Gasteiger partial charge in [-0.15, -0.1) is 0 Å². The van der Waals surface area contributed by atoms with Crippen molar-refractivity contribution < 1.29 is 23.9 Å². The second-order valence-corrected chi connectivity index (χ2v) is 8.76. The Kier molecular flexibility index (Phi) is 6.97. The number of barbiturate groups is 1. The number of carbonyl (C=O) groups excluding carboxylic acids is 3. The molecule has 0 aromatic heterocycles. The number of anilines is 1. The highest BCUT2D eigenvalue weighted by Crippen LogP contribution is 2.35. The highest BCUT2D eigenvalue weighted by atomic mass is 127. The van der Waals surface area contributed by atoms with E-state index in [1.807, 2.05) is 31.2 Å². The fourth-order valence-corrected chi connectivity index (χ4v) is 4.22. The predicted molar refractivity (Wildman–Crippen MR) is 137 cm³/mol. The molecule has 0 radical (unpaired) electrons. The molecule has 1 saturated heterocycles. The van der Waals surface area contributed by atoms with Crippen molar-refractivity contribution >= 4 is 52.2 Å². The van der Waals surface area contributed by atoms with Crippen LogP contribution in [0.25, 0.3) is 6.08 Å². The standard InChI is InChI=1S/C26H21IN2O5/c1-16-8-10-17(11-9-16)15-34-23-21(27)13-18(14-22(23)33-2)12-20-24(30)28-26(32)29(25(20)31)19-6-4-3-5-7-19/h3-14H,15H2,1-2H3,(H,28,30,32)/b20-12+. The molecule has 8 heteroatoms. The van der Waals surface area contributed by atoms with E-state index in [0.29, 0.717) is 29.4 Å². The first-order chi connectivity index (χ1) is 16.4. The van der Waals surface area contributed by atoms with Crippen molar-refractivity contribution in [2.24, 2.45) is 0 Å². The minimum absolute atomic E-state index is 0.158. The minimum atomic E-state index is -0.787. The first-order valence-corrected chi connectivity index (χ1v) is 11.5. The normalized spacial score (nSPS) is 14.9. The topological polar surface area (TPSA) is 84.9 Å². The van der Waals surface area contributed by atoms with Gasteiger partial charge in [0.2, 0.25) is 0 Å². The first-order valence-electron chi connectivity index (χ1n) is 10.4. The molecule has 0 unspecified atom stereocenters. The molecule has 0 bridgehead atoms. The fourth-order valence-electron chi connectivity index (χ4n) is 3.44. The summed E-state index contributed by atoms with van der Waals surface area (Å²) in [5, 5.41) is 2.23. The minimum Gasteiger partial charge on any atom is -0.493 e. The maximum atomic E-state index is 13.1. The van der Waals surface area contributed by atoms with E-state index in [4.69, 9.17) is 9.47 Å². The molecule has 4 rings (SSSR count). The summed E-state index contributed by atoms with van der Waals surface area (Å²) in [7, 11) is 1.52. The van der Waals surface area contributed by atoms with Crippen molar-refractivity contribution in [3.05, 3.63) is 92.6 Å². The van der Waals surface area contributed by atoms with Gasteiger partial charge in [-0.2, -0.15) is 0 Å². The Labute approximate surface area is 210 Å². The van der Waals surface area contributed by atoms with Gasteiger partial charge < -0.3 is 9.47 Å². The molecule has 34 heavy (non-hydrogen) atoms. The Morgan fingerprint density at radius 1 is 1.00 bits per heavy atom. The summed E-state index contributed by atoms with van der Waals surface area (Å²) in [5.74, 6) is -0.429. The number of nitrogens with zero attached hydrogens (tertiary/aromatic N) is 1. The Hall–Kier alpha value is -3.66. The molecule has 1 fully saturated rings. The summed E-state index contributed by atoms with van der Waals surface area (Å²) in [4.78, 5) is 38.8. The number of carbonyl (C=O) groups is 3. The van der Waals surface area contributed by atoms with Crippen LogP contribution in [-0.2, 0) is 16.2 Å². The van der Waals surface area contributed by atoms with Crippen molar-refractivity contribution in [3.8, 4) is 11.5 Å². The monoisotopic (exact) mass is 568 g/mol. The first kappa shape index (κ1) is 23.5. The number of urea groups is 1. The smallest absolute Gasteiger partial charge is 0.335 e. The summed E-state index contributed by atoms with van der Waals surface area (Å²) in [5.41, 5.74) is 2.96. The largest absolute Gasteiger partial charge is 0.493 e. The van der Waals surface area contributed by atoms with Crippen molar-refractivity contribution in [1.29, 1.82) is 0 Å². The van der Waals surface area contributed by atoms with E-state index in [-0.39, 0.29) is 5.57 Å². The van der Waals surface area contributed by atoms with Crippen molar-refractivity contribution in [2.75, 3.05) is 12.0 Å². The molecule has 0 spiro atoms. The SMILES string of the molecule is COc1cc(/C=C2\C(=O)NC(=O)N(c3ccccc3)C2=O)cc(I)c1OCc1ccc(C)cc1. The maximum absolute atomic E-state index is 13.1. The molecule has 3 aromatic carbocycles. The van der Waals surface area contributed by atoms with Gasteiger partial charge in [0.1, 0.15) is 12.2 Å². The van der Waals surface area contributed by atoms with E-state index in [2.05, 4.69) is 27.9 Å². The lowest BCUT2D eigenvalue weighted by atomic mass is 10.1. The van der Waals surface area contributed by atoms with Gasteiger partial charge in [0.05, 0.1) is 16.4 Å². The van der Waals surface area contributed by atoms with Crippen LogP contribution in [-0.4, -0.2) is 25.0 Å². The molecule has 0 saturated carbocycles. The predicted octanol–water partition coefficient (Wildman–Crippen LogP) is 4.85. The van der Waals surface area contributed by atoms with E-state index in [9.17, 15) is 14.4 Å². The lowest BCUT2D eigenvalue weighted by Gasteiger charge is -2.26. The molecule has 4 amide bonds. The average Bonchev–Trinajstić information content (AvgIpc) is 2.82. The maximum Gasteiger partial charge on any atom is 0.335 e. The quantitative estimate of drug-likeness (QED) is 0.261. The molecule has 172 valence electrons. The van der Waals surface area contributed by atoms with Crippen LogP contribution in [0.2, 0.25) is 0 Å². The third-order valence-corrected chi connectivity index (χ3v) is 5.98. The van der Waals surface area contributed by atoms with Crippen molar-refractivity contribution in [2.45, 2.75) is 13.5 Å². The number of halogens is 1. The molecule has 1 N–H and O–H groups in total. The average molecular weight is 568 g/mol. The van der Waals surface area contributed by atoms with Gasteiger partial charge in [-0.3, -0.25) is 14.9 Å². The number of aryl methyl sites for hydroxylation is 1. The number of rotatable bonds is 6. The summed E-state index contributed by atoms with van der Waals surface area (Å²) in [6.07, 6.45) is 1.44. The highest BCUT2D eigenvalue weighted by molar-refractivity contribution is 14.1. The number of para-hydroxylation sites is 1. The van der Waals surface area contributed by atoms with Crippen LogP contribution in [0.1, 0.15) is 16.7 Å². The zero-order valence-electron chi connectivity index (χ0n) is 18.5. The number of benzene rings is 3. The Morgan fingerprint density at radius 2 is 1.71 bits per heavy atom. The van der Waals surface area contributed by atoms with Crippen molar-refractivity contribution in [1.82, 2.24) is 5.32 Å². The summed E-state index contributed by atoms with van der Waals surface area (Å²) < 4.78 is 12.3. The van der Waals surface area contributed by atoms with Gasteiger partial charge in [0.15, 0.2) is 11.5 Å². The number of hydrogen-bond acceptors (Lipinski definition) is 5. The van der Waals surface area contributed by atoms with E-state index < -0.39 is 17.8 Å². The Bertz CT molecular complexity index is 1290. The molecular formula is C26H21IN2O5. The van der Waals surface area contributed by atoms with Crippen LogP contribution in [0, 0.1) is 10.5 Å². The van der Waals surface area contributed by atoms with Crippen LogP contribution in [0.5, 0.6) is 11.5 Å². The number of methoxy groups -OCH3 is 1. The molecule has 0 aliphatic carbocycles. The van der Waals surface area contributed by atoms with E-state index in [1.54, 1.807) is 42.5 Å². The second kappa shape index (κ2) is 10.1. The number of hydrogen-bond donors (Lipinski definition) is 1. The van der Waals surface area contributed by atoms with E-state index in [1.165, 1.54) is 18.7 Å². The van der Waals surface area contributed by atoms with Crippen LogP contribution in [0.15, 0.2) is 72.3 Å². The number of nitrogens with one attached hydrogen (secondary N) is 1. The molecule has 3 aromatic rings. The molecule has 1 aliphatic heterocycles. The summed E-state index contributed by atoms with van der Waals surface area (Å²) in [6.45, 7) is 2.39. The van der Waals surface area contributed by atoms with Crippen molar-refractivity contribution in [3.63, 3.8) is 0 Å². The summed E-state index contributed by atoms with van der Waals surface area (Å²) >= 11 is 2.12. The Morgan fingerprint density at radius 3 is 2.38 bits per heavy atom. The van der Waals surface area contributed by atoms with Gasteiger partial charge >= 0.3 is 6.03 Å².